The van der Waals surface area contributed by atoms with E-state index in [1.54, 1.807) is 0 Å². The number of rotatable bonds is 4. The first-order valence-corrected chi connectivity index (χ1v) is 8.15. The highest BCUT2D eigenvalue weighted by molar-refractivity contribution is 8.14. The largest absolute Gasteiger partial charge is 0.481 e. The molecular weight excluding hydrogens is 326 g/mol. The Morgan fingerprint density at radius 3 is 2.88 bits per heavy atom. The van der Waals surface area contributed by atoms with E-state index in [2.05, 4.69) is 9.98 Å². The predicted molar refractivity (Wildman–Crippen MR) is 93.0 cm³/mol. The molecule has 0 bridgehead atoms. The molecular formula is C17H15N3O3S. The van der Waals surface area contributed by atoms with Crippen LogP contribution in [0.5, 0.6) is 0 Å². The van der Waals surface area contributed by atoms with Crippen molar-refractivity contribution < 1.29 is 9.90 Å². The van der Waals surface area contributed by atoms with Gasteiger partial charge in [0.2, 0.25) is 0 Å². The van der Waals surface area contributed by atoms with Gasteiger partial charge in [0.15, 0.2) is 0 Å². The van der Waals surface area contributed by atoms with E-state index >= 15 is 0 Å². The van der Waals surface area contributed by atoms with Gasteiger partial charge in [-0.15, -0.1) is 0 Å². The van der Waals surface area contributed by atoms with Crippen LogP contribution in [0.2, 0.25) is 0 Å². The van der Waals surface area contributed by atoms with E-state index in [0.29, 0.717) is 17.0 Å². The molecule has 3 rings (SSSR count). The van der Waals surface area contributed by atoms with E-state index in [1.165, 1.54) is 34.9 Å². The lowest BCUT2D eigenvalue weighted by atomic mass is 10.2. The van der Waals surface area contributed by atoms with E-state index in [9.17, 15) is 9.59 Å². The molecule has 2 heterocycles. The summed E-state index contributed by atoms with van der Waals surface area (Å²) in [5.41, 5.74) is 2.48. The topological polar surface area (TPSA) is 84.5 Å². The van der Waals surface area contributed by atoms with E-state index in [-0.39, 0.29) is 12.0 Å². The van der Waals surface area contributed by atoms with Crippen LogP contribution in [0.15, 0.2) is 57.6 Å². The summed E-state index contributed by atoms with van der Waals surface area (Å²) in [5, 5.41) is 9.31. The van der Waals surface area contributed by atoms with Crippen molar-refractivity contribution in [3.8, 4) is 5.69 Å². The SMILES string of the molecule is Cc1ccc(-n2cnc3c(c2=O)SC(=N/C=C\CC(=O)O)C3)cc1. The number of aromatic nitrogens is 2. The number of carbonyl (C=O) groups is 1. The number of benzene rings is 1. The lowest BCUT2D eigenvalue weighted by Crippen LogP contribution is -2.20. The first-order valence-electron chi connectivity index (χ1n) is 7.33. The quantitative estimate of drug-likeness (QED) is 0.924. The highest BCUT2D eigenvalue weighted by atomic mass is 32.2. The fourth-order valence-electron chi connectivity index (χ4n) is 2.25. The van der Waals surface area contributed by atoms with Crippen molar-refractivity contribution in [3.63, 3.8) is 0 Å². The molecule has 1 aromatic carbocycles. The Balaban J connectivity index is 1.85. The molecule has 0 radical (unpaired) electrons. The second-order valence-corrected chi connectivity index (χ2v) is 6.40. The molecule has 1 aliphatic rings. The van der Waals surface area contributed by atoms with Gasteiger partial charge >= 0.3 is 5.97 Å². The molecule has 1 aromatic heterocycles. The second kappa shape index (κ2) is 6.84. The summed E-state index contributed by atoms with van der Waals surface area (Å²) < 4.78 is 1.52. The Bertz CT molecular complexity index is 898. The summed E-state index contributed by atoms with van der Waals surface area (Å²) in [7, 11) is 0. The van der Waals surface area contributed by atoms with Gasteiger partial charge in [0.25, 0.3) is 5.56 Å². The summed E-state index contributed by atoms with van der Waals surface area (Å²) in [6.45, 7) is 1.99. The van der Waals surface area contributed by atoms with E-state index in [1.807, 2.05) is 31.2 Å². The number of aliphatic imine (C=N–C) groups is 1. The highest BCUT2D eigenvalue weighted by Crippen LogP contribution is 2.29. The molecule has 0 atom stereocenters. The molecule has 2 aromatic rings. The van der Waals surface area contributed by atoms with Crippen LogP contribution in [0.3, 0.4) is 0 Å². The summed E-state index contributed by atoms with van der Waals surface area (Å²) in [5.74, 6) is -0.906. The van der Waals surface area contributed by atoms with Crippen molar-refractivity contribution in [2.24, 2.45) is 4.99 Å². The Labute approximate surface area is 142 Å². The zero-order valence-corrected chi connectivity index (χ0v) is 13.8. The normalized spacial score (nSPS) is 15.1. The summed E-state index contributed by atoms with van der Waals surface area (Å²) in [4.78, 5) is 32.3. The van der Waals surface area contributed by atoms with Crippen LogP contribution in [0.1, 0.15) is 17.7 Å². The average molecular weight is 341 g/mol. The summed E-state index contributed by atoms with van der Waals surface area (Å²) in [6.07, 6.45) is 4.88. The Morgan fingerprint density at radius 1 is 1.42 bits per heavy atom. The van der Waals surface area contributed by atoms with Gasteiger partial charge in [-0.25, -0.2) is 4.98 Å². The van der Waals surface area contributed by atoms with Crippen LogP contribution in [0.4, 0.5) is 0 Å². The third-order valence-corrected chi connectivity index (χ3v) is 4.57. The second-order valence-electron chi connectivity index (χ2n) is 5.32. The lowest BCUT2D eigenvalue weighted by molar-refractivity contribution is -0.136. The summed E-state index contributed by atoms with van der Waals surface area (Å²) in [6, 6.07) is 7.66. The fourth-order valence-corrected chi connectivity index (χ4v) is 3.23. The van der Waals surface area contributed by atoms with Crippen LogP contribution < -0.4 is 5.56 Å². The van der Waals surface area contributed by atoms with Crippen LogP contribution in [-0.2, 0) is 11.2 Å². The van der Waals surface area contributed by atoms with Crippen molar-refractivity contribution in [1.82, 2.24) is 9.55 Å². The molecule has 7 heteroatoms. The number of fused-ring (bicyclic) bond motifs is 1. The van der Waals surface area contributed by atoms with Crippen molar-refractivity contribution in [3.05, 3.63) is 64.5 Å². The number of hydrogen-bond acceptors (Lipinski definition) is 5. The van der Waals surface area contributed by atoms with Gasteiger partial charge in [-0.1, -0.05) is 35.5 Å². The molecule has 0 spiro atoms. The van der Waals surface area contributed by atoms with Crippen molar-refractivity contribution in [1.29, 1.82) is 0 Å². The maximum atomic E-state index is 12.7. The lowest BCUT2D eigenvalue weighted by Gasteiger charge is -2.06. The number of carboxylic acid groups (broad SMARTS) is 1. The zero-order valence-electron chi connectivity index (χ0n) is 13.0. The molecule has 1 N–H and O–H groups in total. The molecule has 0 saturated heterocycles. The molecule has 0 saturated carbocycles. The van der Waals surface area contributed by atoms with Crippen molar-refractivity contribution in [2.75, 3.05) is 0 Å². The molecule has 122 valence electrons. The van der Waals surface area contributed by atoms with Gasteiger partial charge in [-0.3, -0.25) is 19.1 Å². The average Bonchev–Trinajstić information content (AvgIpc) is 2.97. The number of aliphatic carboxylic acids is 1. The van der Waals surface area contributed by atoms with Gasteiger partial charge in [0, 0.05) is 12.6 Å². The van der Waals surface area contributed by atoms with Gasteiger partial charge in [-0.2, -0.15) is 0 Å². The van der Waals surface area contributed by atoms with Crippen LogP contribution in [0.25, 0.3) is 5.69 Å². The maximum absolute atomic E-state index is 12.7. The third-order valence-electron chi connectivity index (χ3n) is 3.47. The molecule has 0 fully saturated rings. The van der Waals surface area contributed by atoms with Crippen LogP contribution in [0, 0.1) is 6.92 Å². The number of aryl methyl sites for hydroxylation is 1. The minimum atomic E-state index is -0.906. The molecule has 1 aliphatic heterocycles. The first kappa shape index (κ1) is 16.2. The minimum Gasteiger partial charge on any atom is -0.481 e. The molecule has 24 heavy (non-hydrogen) atoms. The molecule has 6 nitrogen and oxygen atoms in total. The number of nitrogens with zero attached hydrogens (tertiary/aromatic N) is 3. The van der Waals surface area contributed by atoms with Crippen molar-refractivity contribution in [2.45, 2.75) is 24.7 Å². The Morgan fingerprint density at radius 2 is 2.17 bits per heavy atom. The molecule has 0 unspecified atom stereocenters. The van der Waals surface area contributed by atoms with Gasteiger partial charge in [0.05, 0.1) is 22.8 Å². The minimum absolute atomic E-state index is 0.0765. The smallest absolute Gasteiger partial charge is 0.307 e. The number of hydrogen-bond donors (Lipinski definition) is 1. The molecule has 0 amide bonds. The zero-order chi connectivity index (χ0) is 17.1. The Hall–Kier alpha value is -2.67. The fraction of sp³-hybridized carbons (Fsp3) is 0.176. The molecule has 0 aliphatic carbocycles. The van der Waals surface area contributed by atoms with Crippen LogP contribution >= 0.6 is 11.8 Å². The van der Waals surface area contributed by atoms with Crippen molar-refractivity contribution >= 4 is 22.8 Å². The number of thioether (sulfide) groups is 1. The van der Waals surface area contributed by atoms with Gasteiger partial charge in [-0.05, 0) is 19.1 Å². The Kier molecular flexibility index (Phi) is 4.61. The third kappa shape index (κ3) is 3.46. The standard InChI is InChI=1S/C17H15N3O3S/c1-11-4-6-12(7-5-11)20-10-19-13-9-14(24-16(13)17(20)23)18-8-2-3-15(21)22/h2,4-8,10H,3,9H2,1H3,(H,21,22)/b8-2-,18-14?. The van der Waals surface area contributed by atoms with Gasteiger partial charge in [0.1, 0.15) is 11.2 Å². The monoisotopic (exact) mass is 341 g/mol. The van der Waals surface area contributed by atoms with E-state index < -0.39 is 5.97 Å². The van der Waals surface area contributed by atoms with E-state index in [0.717, 1.165) is 16.3 Å². The van der Waals surface area contributed by atoms with Crippen LogP contribution in [-0.4, -0.2) is 25.7 Å². The van der Waals surface area contributed by atoms with Gasteiger partial charge < -0.3 is 5.11 Å². The maximum Gasteiger partial charge on any atom is 0.307 e. The number of carboxylic acids is 1. The first-order chi connectivity index (χ1) is 11.5. The van der Waals surface area contributed by atoms with E-state index in [4.69, 9.17) is 5.11 Å². The highest BCUT2D eigenvalue weighted by Gasteiger charge is 2.23. The summed E-state index contributed by atoms with van der Waals surface area (Å²) >= 11 is 1.29. The predicted octanol–water partition coefficient (Wildman–Crippen LogP) is 2.58.